The van der Waals surface area contributed by atoms with Crippen molar-refractivity contribution in [2.45, 2.75) is 166 Å². The van der Waals surface area contributed by atoms with E-state index in [4.69, 9.17) is 146 Å². The molecule has 12 rings (SSSR count). The minimum atomic E-state index is -4.94. The average Bonchev–Trinajstić information content (AvgIpc) is 1.76. The molecule has 0 aromatic carbocycles. The molecule has 5 aliphatic heterocycles. The summed E-state index contributed by atoms with van der Waals surface area (Å²) >= 11 is 26.9. The van der Waals surface area contributed by atoms with Crippen molar-refractivity contribution in [3.8, 4) is 0 Å². The molecule has 598 valence electrons. The van der Waals surface area contributed by atoms with Crippen LogP contribution in [0.15, 0.2) is 70.9 Å². The van der Waals surface area contributed by atoms with Crippen molar-refractivity contribution >= 4 is 133 Å². The summed E-state index contributed by atoms with van der Waals surface area (Å²) in [6.45, 7) is -17.1. The van der Waals surface area contributed by atoms with Gasteiger partial charge < -0.3 is 118 Å². The summed E-state index contributed by atoms with van der Waals surface area (Å²) in [6, 6.07) is 1.43. The highest BCUT2D eigenvalue weighted by Crippen LogP contribution is 2.55. The van der Waals surface area contributed by atoms with Gasteiger partial charge in [-0.3, -0.25) is 66.5 Å². The zero-order chi connectivity index (χ0) is 78.7. The Kier molecular flexibility index (Phi) is 25.4. The molecule has 7 aromatic heterocycles. The van der Waals surface area contributed by atoms with Crippen molar-refractivity contribution in [3.63, 3.8) is 0 Å². The maximum absolute atomic E-state index is 14.7. The fraction of sp³-hybridized carbons (Fsp3) is 0.600. The number of imidazole rings is 2. The molecule has 5 saturated heterocycles. The number of nitrogen functional groups attached to an aromatic ring is 3. The van der Waals surface area contributed by atoms with E-state index in [0.717, 1.165) is 9.13 Å². The van der Waals surface area contributed by atoms with Gasteiger partial charge in [0, 0.05) is 55.4 Å². The first kappa shape index (κ1) is 83.2. The van der Waals surface area contributed by atoms with Crippen LogP contribution in [0.25, 0.3) is 22.3 Å². The number of aromatic nitrogens is 14. The molecular formula is C55H71N17O27P5S5-5. The highest BCUT2D eigenvalue weighted by atomic mass is 32.7. The zero-order valence-corrected chi connectivity index (χ0v) is 66.4. The third kappa shape index (κ3) is 19.9. The van der Waals surface area contributed by atoms with Gasteiger partial charge in [0.2, 0.25) is 11.9 Å². The van der Waals surface area contributed by atoms with E-state index in [0.29, 0.717) is 6.42 Å². The molecule has 109 heavy (non-hydrogen) atoms. The number of hydrogen-bond acceptors (Lipinski definition) is 40. The summed E-state index contributed by atoms with van der Waals surface area (Å²) in [5.74, 6) is -0.888. The highest BCUT2D eigenvalue weighted by molar-refractivity contribution is 8.32. The smallest absolute Gasteiger partial charge is 0.351 e. The minimum absolute atomic E-state index is 0.00215. The van der Waals surface area contributed by atoms with E-state index in [9.17, 15) is 57.7 Å². The number of nitrogens with one attached hydrogen (secondary N) is 4. The molecule has 10 N–H and O–H groups in total. The molecule has 0 bridgehead atoms. The standard InChI is InChI=1S/C55H76N17O27P5S5/c1-23(2)27-9-38(68-8-7-37(56)61-53(68)77)90-32(27)16-85-101(81,106)96-28-10-39(69-14-25(5)47(73)66-54(69)78)91-33(28)18-87-104(84,109)99-31-13-42(72-22-60-44-46(72)63-52(58)65-50(44)76)94-36(31)20-89-102(82,107)97-29-11-40(70-15-26(6)48(74)67-55(70)79)92-34(29)19-88-103(83,108)98-30-12-41(93-35(30)17-86-100(80,105)95-24(3)4)71-21-59-43-45(71)62-51(57)64-49(43)75/h7-8,14-15,21-24,27-36,38-42H,9-13,16-20H2,1-6H3,(H,80,105)(H,81,106)(H,82,107)(H,83,108)(H,84,109)(H2,56,61,77)(H,66,73,78)(H,67,74,79)(H3,57,62,64,75)(H3,58,63,65,76)/p-5/t27?,28?,29?,30?,31?,32-,33-,34-,35-,36-,38-,39-,40-,41-,42-,100?,101?,102?,103?,104?/m1/s1. The van der Waals surface area contributed by atoms with Crippen LogP contribution in [0.4, 0.5) is 17.7 Å². The molecule has 20 atom stereocenters. The van der Waals surface area contributed by atoms with Gasteiger partial charge in [-0.15, -0.1) is 0 Å². The number of H-pyrrole nitrogens is 4. The van der Waals surface area contributed by atoms with E-state index in [1.807, 2.05) is 13.8 Å². The third-order valence-electron chi connectivity index (χ3n) is 17.8. The van der Waals surface area contributed by atoms with Crippen molar-refractivity contribution in [1.82, 2.24) is 67.7 Å². The van der Waals surface area contributed by atoms with Gasteiger partial charge in [-0.25, -0.2) is 24.4 Å². The Morgan fingerprint density at radius 3 is 1.28 bits per heavy atom. The maximum Gasteiger partial charge on any atom is 0.351 e. The van der Waals surface area contributed by atoms with E-state index < -0.39 is 205 Å². The predicted molar refractivity (Wildman–Crippen MR) is 389 cm³/mol. The maximum atomic E-state index is 14.7. The van der Waals surface area contributed by atoms with Crippen LogP contribution in [0, 0.1) is 25.7 Å². The van der Waals surface area contributed by atoms with Crippen LogP contribution in [-0.4, -0.2) is 162 Å². The topological polar surface area (TPSA) is 598 Å². The fourth-order valence-electron chi connectivity index (χ4n) is 12.8. The number of ether oxygens (including phenoxy) is 5. The molecule has 0 spiro atoms. The Morgan fingerprint density at radius 1 is 0.514 bits per heavy atom. The van der Waals surface area contributed by atoms with Crippen LogP contribution in [0.1, 0.15) is 102 Å². The number of aromatic amines is 4. The molecular weight excluding hydrogens is 1650 g/mol. The van der Waals surface area contributed by atoms with E-state index >= 15 is 0 Å². The number of nitrogens with zero attached hydrogens (tertiary/aromatic N) is 10. The summed E-state index contributed by atoms with van der Waals surface area (Å²) < 4.78 is 109. The Bertz CT molecular complexity index is 5280. The zero-order valence-electron chi connectivity index (χ0n) is 57.9. The van der Waals surface area contributed by atoms with Crippen molar-refractivity contribution in [2.75, 3.05) is 50.2 Å². The second kappa shape index (κ2) is 33.3. The van der Waals surface area contributed by atoms with Crippen molar-refractivity contribution in [3.05, 3.63) is 121 Å². The normalized spacial score (nSPS) is 28.8. The molecule has 0 saturated carbocycles. The van der Waals surface area contributed by atoms with Crippen LogP contribution >= 0.6 is 33.7 Å². The molecule has 12 heterocycles. The second-order valence-electron chi connectivity index (χ2n) is 26.2. The molecule has 7 aromatic rings. The number of anilines is 3. The molecule has 44 nitrogen and oxygen atoms in total. The van der Waals surface area contributed by atoms with Gasteiger partial charge in [-0.2, -0.15) is 15.0 Å². The summed E-state index contributed by atoms with van der Waals surface area (Å²) in [5.41, 5.74) is 11.8. The van der Waals surface area contributed by atoms with Crippen LogP contribution < -0.4 is 76.1 Å². The van der Waals surface area contributed by atoms with Gasteiger partial charge >= 0.3 is 17.1 Å². The molecule has 5 fully saturated rings. The summed E-state index contributed by atoms with van der Waals surface area (Å²) in [7, 11) is 0. The lowest BCUT2D eigenvalue weighted by atomic mass is 9.89. The first-order chi connectivity index (χ1) is 51.2. The number of fused-ring (bicyclic) bond motifs is 2. The molecule has 54 heteroatoms. The second-order valence-corrected chi connectivity index (χ2v) is 39.8. The van der Waals surface area contributed by atoms with Gasteiger partial charge in [0.15, 0.2) is 29.1 Å². The van der Waals surface area contributed by atoms with Gasteiger partial charge in [-0.1, -0.05) is 61.1 Å². The lowest BCUT2D eigenvalue weighted by molar-refractivity contribution is -0.220. The Hall–Kier alpha value is -5.24. The number of aryl methyl sites for hydroxylation is 2. The molecule has 5 aliphatic rings. The van der Waals surface area contributed by atoms with E-state index in [1.165, 1.54) is 64.9 Å². The van der Waals surface area contributed by atoms with E-state index in [2.05, 4.69) is 44.9 Å². The first-order valence-electron chi connectivity index (χ1n) is 33.1. The SMILES string of the molecule is Cc1cn([C@H]2CC(OP([O-])(=S)OC[C@H]3O[C@@H](n4cnc5c(=O)[nH]c(N)nc54)CC3OP([O-])(=S)OC[C@H]3O[C@@H](n4cc(C)c(=O)[nH]c4=O)CC3OP([O-])(=S)OC[C@H]3O[C@@H](n4ccc(N)nc4=O)CC3C(C)C)[C@@H](COP(=O)([S-])OC3C[C@H](n4cnc5c(=O)[nH]c(N)nc54)O[C@@H]3COP([O-])(=S)OC(C)C)O2)c(=O)[nH]c1=O. The quantitative estimate of drug-likeness (QED) is 0.0197. The largest absolute Gasteiger partial charge is 0.780 e. The number of nitrogens with two attached hydrogens (primary N) is 3. The van der Waals surface area contributed by atoms with Gasteiger partial charge in [0.05, 0.1) is 82.3 Å². The Balaban J connectivity index is 0.758. The van der Waals surface area contributed by atoms with Crippen LogP contribution in [-0.2, 0) is 133 Å². The van der Waals surface area contributed by atoms with Crippen LogP contribution in [0.3, 0.4) is 0 Å². The minimum Gasteiger partial charge on any atom is -0.780 e. The predicted octanol–water partition coefficient (Wildman–Crippen LogP) is -1.27. The highest BCUT2D eigenvalue weighted by Gasteiger charge is 2.47. The molecule has 10 unspecified atom stereocenters. The summed E-state index contributed by atoms with van der Waals surface area (Å²) in [5, 5.41) is 0. The average molecular weight is 1720 g/mol. The monoisotopic (exact) mass is 1720 g/mol. The van der Waals surface area contributed by atoms with Crippen LogP contribution in [0.5, 0.6) is 0 Å². The van der Waals surface area contributed by atoms with Gasteiger partial charge in [0.25, 0.3) is 22.2 Å². The van der Waals surface area contributed by atoms with Crippen molar-refractivity contribution < 1.29 is 93.1 Å². The lowest BCUT2D eigenvalue weighted by Gasteiger charge is -2.36. The lowest BCUT2D eigenvalue weighted by Crippen LogP contribution is -2.34. The van der Waals surface area contributed by atoms with Crippen LogP contribution in [0.2, 0.25) is 0 Å². The number of rotatable bonds is 31. The third-order valence-corrected chi connectivity index (χ3v) is 25.8. The van der Waals surface area contributed by atoms with E-state index in [1.54, 1.807) is 13.8 Å². The van der Waals surface area contributed by atoms with Crippen molar-refractivity contribution in [2.24, 2.45) is 11.8 Å². The van der Waals surface area contributed by atoms with E-state index in [-0.39, 0.29) is 82.3 Å². The summed E-state index contributed by atoms with van der Waals surface area (Å²) in [4.78, 5) is 176. The van der Waals surface area contributed by atoms with Gasteiger partial charge in [0.1, 0.15) is 88.2 Å². The fourth-order valence-corrected chi connectivity index (χ4v) is 20.2. The van der Waals surface area contributed by atoms with Crippen molar-refractivity contribution in [1.29, 1.82) is 0 Å². The Labute approximate surface area is 639 Å². The Morgan fingerprint density at radius 2 is 0.881 bits per heavy atom. The molecule has 0 amide bonds. The number of hydrogen-bond donors (Lipinski definition) is 7. The summed E-state index contributed by atoms with van der Waals surface area (Å²) in [6.07, 6.45) is -13.6. The molecule has 0 aliphatic carbocycles. The van der Waals surface area contributed by atoms with Gasteiger partial charge in [-0.05, 0) is 52.0 Å². The first-order valence-corrected chi connectivity index (χ1v) is 45.8. The molecule has 0 radical (unpaired) electrons.